The van der Waals surface area contributed by atoms with Gasteiger partial charge in [0.2, 0.25) is 0 Å². The first kappa shape index (κ1) is 21.5. The smallest absolute Gasteiger partial charge is 0.251 e. The molecule has 0 aromatic heterocycles. The Hall–Kier alpha value is -2.37. The summed E-state index contributed by atoms with van der Waals surface area (Å²) in [5.41, 5.74) is 4.85. The predicted octanol–water partition coefficient (Wildman–Crippen LogP) is 4.03. The minimum atomic E-state index is -0.00924. The molecule has 5 nitrogen and oxygen atoms in total. The van der Waals surface area contributed by atoms with Crippen LogP contribution in [0.4, 0.5) is 0 Å². The molecule has 170 valence electrons. The Kier molecular flexibility index (Phi) is 6.75. The van der Waals surface area contributed by atoms with E-state index in [2.05, 4.69) is 28.8 Å². The van der Waals surface area contributed by atoms with Gasteiger partial charge >= 0.3 is 0 Å². The van der Waals surface area contributed by atoms with Crippen LogP contribution in [0.5, 0.6) is 5.75 Å². The van der Waals surface area contributed by atoms with Gasteiger partial charge in [0.15, 0.2) is 0 Å². The number of hydrogen-bond acceptors (Lipinski definition) is 4. The van der Waals surface area contributed by atoms with E-state index in [4.69, 9.17) is 9.47 Å². The van der Waals surface area contributed by atoms with Gasteiger partial charge in [0.1, 0.15) is 12.4 Å². The molecule has 5 rings (SSSR count). The molecule has 2 atom stereocenters. The van der Waals surface area contributed by atoms with Crippen LogP contribution in [0.25, 0.3) is 0 Å². The average Bonchev–Trinajstić information content (AvgIpc) is 3.49. The van der Waals surface area contributed by atoms with E-state index in [1.165, 1.54) is 29.5 Å². The second-order valence-corrected chi connectivity index (χ2v) is 9.56. The molecule has 1 saturated heterocycles. The van der Waals surface area contributed by atoms with E-state index in [0.29, 0.717) is 12.2 Å². The van der Waals surface area contributed by atoms with Crippen LogP contribution in [0.2, 0.25) is 0 Å². The van der Waals surface area contributed by atoms with Crippen LogP contribution >= 0.6 is 0 Å². The molecule has 0 radical (unpaired) electrons. The lowest BCUT2D eigenvalue weighted by molar-refractivity contribution is 0.0679. The molecule has 0 bridgehead atoms. The van der Waals surface area contributed by atoms with Gasteiger partial charge in [0.05, 0.1) is 6.10 Å². The molecule has 1 heterocycles. The molecular weight excluding hydrogens is 400 g/mol. The largest absolute Gasteiger partial charge is 0.491 e. The summed E-state index contributed by atoms with van der Waals surface area (Å²) in [4.78, 5) is 12.8. The number of benzene rings is 2. The maximum atomic E-state index is 12.8. The average molecular weight is 435 g/mol. The molecule has 2 aliphatic carbocycles. The van der Waals surface area contributed by atoms with Crippen molar-refractivity contribution in [2.45, 2.75) is 63.6 Å². The van der Waals surface area contributed by atoms with Crippen LogP contribution in [-0.4, -0.2) is 37.8 Å². The van der Waals surface area contributed by atoms with Crippen LogP contribution in [0.3, 0.4) is 0 Å². The molecule has 2 aromatic rings. The molecule has 1 saturated carbocycles. The fourth-order valence-electron chi connectivity index (χ4n) is 4.72. The number of fused-ring (bicyclic) bond motifs is 1. The van der Waals surface area contributed by atoms with Gasteiger partial charge in [-0.1, -0.05) is 18.2 Å². The first-order valence-electron chi connectivity index (χ1n) is 12.2. The van der Waals surface area contributed by atoms with Gasteiger partial charge in [0.25, 0.3) is 5.91 Å². The van der Waals surface area contributed by atoms with Crippen molar-refractivity contribution in [2.75, 3.05) is 19.8 Å². The summed E-state index contributed by atoms with van der Waals surface area (Å²) in [5, 5.41) is 6.81. The summed E-state index contributed by atoms with van der Waals surface area (Å²) in [6.07, 6.45) is 8.05. The molecule has 2 aromatic carbocycles. The number of amides is 1. The molecule has 0 unspecified atom stereocenters. The molecule has 1 amide bonds. The van der Waals surface area contributed by atoms with E-state index in [9.17, 15) is 4.79 Å². The minimum Gasteiger partial charge on any atom is -0.491 e. The Balaban J connectivity index is 1.10. The van der Waals surface area contributed by atoms with Gasteiger partial charge in [-0.05, 0) is 98.4 Å². The highest BCUT2D eigenvalue weighted by Crippen LogP contribution is 2.28. The molecule has 3 aliphatic rings. The normalized spacial score (nSPS) is 22.4. The van der Waals surface area contributed by atoms with Gasteiger partial charge in [-0.3, -0.25) is 4.79 Å². The van der Waals surface area contributed by atoms with Crippen LogP contribution in [-0.2, 0) is 24.1 Å². The molecular formula is C27H34N2O3. The first-order valence-corrected chi connectivity index (χ1v) is 12.2. The highest BCUT2D eigenvalue weighted by Gasteiger charge is 2.22. The van der Waals surface area contributed by atoms with Crippen molar-refractivity contribution < 1.29 is 14.3 Å². The SMILES string of the molecule is O=C(N[C@H]1CCc2cc(CNCC3CC3)ccc2C1)c1ccc(OC[C@@H]2CCCO2)cc1. The summed E-state index contributed by atoms with van der Waals surface area (Å²) in [5.74, 6) is 1.68. The zero-order valence-electron chi connectivity index (χ0n) is 18.8. The number of aryl methyl sites for hydroxylation is 1. The number of nitrogens with one attached hydrogen (secondary N) is 2. The van der Waals surface area contributed by atoms with E-state index in [1.807, 2.05) is 24.3 Å². The van der Waals surface area contributed by atoms with E-state index in [1.54, 1.807) is 0 Å². The van der Waals surface area contributed by atoms with Crippen molar-refractivity contribution in [3.63, 3.8) is 0 Å². The number of carbonyl (C=O) groups is 1. The van der Waals surface area contributed by atoms with E-state index < -0.39 is 0 Å². The summed E-state index contributed by atoms with van der Waals surface area (Å²) in [6, 6.07) is 14.5. The van der Waals surface area contributed by atoms with Crippen molar-refractivity contribution >= 4 is 5.91 Å². The fraction of sp³-hybridized carbons (Fsp3) is 0.519. The highest BCUT2D eigenvalue weighted by molar-refractivity contribution is 5.94. The van der Waals surface area contributed by atoms with E-state index in [-0.39, 0.29) is 18.1 Å². The summed E-state index contributed by atoms with van der Waals surface area (Å²) >= 11 is 0. The summed E-state index contributed by atoms with van der Waals surface area (Å²) in [6.45, 7) is 3.51. The lowest BCUT2D eigenvalue weighted by Gasteiger charge is -2.26. The Morgan fingerprint density at radius 1 is 1.03 bits per heavy atom. The molecule has 2 fully saturated rings. The molecule has 2 N–H and O–H groups in total. The fourth-order valence-corrected chi connectivity index (χ4v) is 4.72. The summed E-state index contributed by atoms with van der Waals surface area (Å²) < 4.78 is 11.4. The third-order valence-electron chi connectivity index (χ3n) is 6.87. The van der Waals surface area contributed by atoms with Crippen LogP contribution in [0, 0.1) is 5.92 Å². The molecule has 0 spiro atoms. The van der Waals surface area contributed by atoms with E-state index in [0.717, 1.165) is 63.5 Å². The van der Waals surface area contributed by atoms with Gasteiger partial charge in [0, 0.05) is 24.8 Å². The van der Waals surface area contributed by atoms with E-state index >= 15 is 0 Å². The number of carbonyl (C=O) groups excluding carboxylic acids is 1. The van der Waals surface area contributed by atoms with Crippen molar-refractivity contribution in [3.8, 4) is 5.75 Å². The Labute approximate surface area is 190 Å². The monoisotopic (exact) mass is 434 g/mol. The van der Waals surface area contributed by atoms with Crippen molar-refractivity contribution in [3.05, 3.63) is 64.7 Å². The quantitative estimate of drug-likeness (QED) is 0.626. The van der Waals surface area contributed by atoms with Gasteiger partial charge in [-0.2, -0.15) is 0 Å². The van der Waals surface area contributed by atoms with Crippen molar-refractivity contribution in [1.82, 2.24) is 10.6 Å². The number of rotatable bonds is 9. The molecule has 1 aliphatic heterocycles. The maximum absolute atomic E-state index is 12.8. The third kappa shape index (κ3) is 5.70. The standard InChI is InChI=1S/C27H34N2O3/c30-27(21-8-11-25(12-9-21)32-18-26-2-1-13-31-26)29-24-10-7-22-14-20(5-6-23(22)15-24)17-28-16-19-3-4-19/h5-6,8-9,11-12,14,19,24,26,28H,1-4,7,10,13,15-18H2,(H,29,30)/t24-,26-/m0/s1. The zero-order valence-corrected chi connectivity index (χ0v) is 18.8. The van der Waals surface area contributed by atoms with Crippen LogP contribution in [0.15, 0.2) is 42.5 Å². The second kappa shape index (κ2) is 10.1. The van der Waals surface area contributed by atoms with Gasteiger partial charge in [-0.15, -0.1) is 0 Å². The number of ether oxygens (including phenoxy) is 2. The van der Waals surface area contributed by atoms with Crippen LogP contribution < -0.4 is 15.4 Å². The topological polar surface area (TPSA) is 59.6 Å². The van der Waals surface area contributed by atoms with Gasteiger partial charge < -0.3 is 20.1 Å². The van der Waals surface area contributed by atoms with Gasteiger partial charge in [-0.25, -0.2) is 0 Å². The Morgan fingerprint density at radius 3 is 2.69 bits per heavy atom. The lowest BCUT2D eigenvalue weighted by atomic mass is 9.87. The predicted molar refractivity (Wildman–Crippen MR) is 125 cm³/mol. The third-order valence-corrected chi connectivity index (χ3v) is 6.87. The van der Waals surface area contributed by atoms with Crippen molar-refractivity contribution in [2.24, 2.45) is 5.92 Å². The first-order chi connectivity index (χ1) is 15.7. The lowest BCUT2D eigenvalue weighted by Crippen LogP contribution is -2.38. The molecule has 5 heteroatoms. The van der Waals surface area contributed by atoms with Crippen molar-refractivity contribution in [1.29, 1.82) is 0 Å². The zero-order chi connectivity index (χ0) is 21.8. The minimum absolute atomic E-state index is 0.00924. The Bertz CT molecular complexity index is 917. The molecule has 32 heavy (non-hydrogen) atoms. The second-order valence-electron chi connectivity index (χ2n) is 9.56. The van der Waals surface area contributed by atoms with Crippen LogP contribution in [0.1, 0.15) is 59.2 Å². The highest BCUT2D eigenvalue weighted by atomic mass is 16.5. The Morgan fingerprint density at radius 2 is 1.91 bits per heavy atom. The number of hydrogen-bond donors (Lipinski definition) is 2. The maximum Gasteiger partial charge on any atom is 0.251 e. The summed E-state index contributed by atoms with van der Waals surface area (Å²) in [7, 11) is 0.